The van der Waals surface area contributed by atoms with E-state index in [1.807, 2.05) is 56.9 Å². The highest BCUT2D eigenvalue weighted by atomic mass is 16.5. The lowest BCUT2D eigenvalue weighted by Crippen LogP contribution is -2.50. The minimum absolute atomic E-state index is 0.0766. The molecule has 1 aliphatic heterocycles. The van der Waals surface area contributed by atoms with Crippen LogP contribution in [0.15, 0.2) is 28.8 Å². The molecule has 2 heterocycles. The number of hydrogen-bond acceptors (Lipinski definition) is 4. The van der Waals surface area contributed by atoms with Crippen molar-refractivity contribution < 1.29 is 9.32 Å². The predicted molar refractivity (Wildman–Crippen MR) is 96.1 cm³/mol. The highest BCUT2D eigenvalue weighted by molar-refractivity contribution is 5.75. The molecule has 2 aromatic rings. The van der Waals surface area contributed by atoms with E-state index in [1.165, 1.54) is 5.56 Å². The van der Waals surface area contributed by atoms with Crippen LogP contribution in [0.2, 0.25) is 0 Å². The van der Waals surface area contributed by atoms with Crippen LogP contribution in [0, 0.1) is 6.92 Å². The Kier molecular flexibility index (Phi) is 4.79. The monoisotopic (exact) mass is 342 g/mol. The van der Waals surface area contributed by atoms with Gasteiger partial charge in [-0.05, 0) is 47.0 Å². The van der Waals surface area contributed by atoms with E-state index in [9.17, 15) is 4.79 Å². The van der Waals surface area contributed by atoms with Crippen molar-refractivity contribution in [2.75, 3.05) is 6.54 Å². The number of rotatable bonds is 2. The number of nitrogens with zero attached hydrogens (tertiary/aromatic N) is 3. The summed E-state index contributed by atoms with van der Waals surface area (Å²) in [5.41, 5.74) is 1.83. The van der Waals surface area contributed by atoms with Gasteiger partial charge in [0.05, 0.1) is 0 Å². The molecule has 1 atom stereocenters. The van der Waals surface area contributed by atoms with Crippen molar-refractivity contribution >= 4 is 6.03 Å². The van der Waals surface area contributed by atoms with Crippen LogP contribution in [0.5, 0.6) is 0 Å². The Morgan fingerprint density at radius 1 is 1.24 bits per heavy atom. The Labute approximate surface area is 148 Å². The lowest BCUT2D eigenvalue weighted by Gasteiger charge is -2.35. The minimum Gasteiger partial charge on any atom is -0.337 e. The second kappa shape index (κ2) is 6.86. The molecule has 1 aliphatic rings. The van der Waals surface area contributed by atoms with Gasteiger partial charge < -0.3 is 14.7 Å². The summed E-state index contributed by atoms with van der Waals surface area (Å²) in [7, 11) is 0. The first-order chi connectivity index (χ1) is 11.8. The summed E-state index contributed by atoms with van der Waals surface area (Å²) in [5, 5.41) is 7.15. The van der Waals surface area contributed by atoms with Gasteiger partial charge in [-0.25, -0.2) is 4.79 Å². The number of hydrogen-bond donors (Lipinski definition) is 1. The minimum atomic E-state index is -0.277. The molecule has 25 heavy (non-hydrogen) atoms. The number of benzene rings is 1. The molecule has 0 unspecified atom stereocenters. The van der Waals surface area contributed by atoms with Gasteiger partial charge in [-0.3, -0.25) is 0 Å². The molecule has 0 radical (unpaired) electrons. The van der Waals surface area contributed by atoms with Crippen molar-refractivity contribution in [2.24, 2.45) is 0 Å². The average Bonchev–Trinajstić information content (AvgIpc) is 3.04. The number of piperidine rings is 1. The maximum atomic E-state index is 12.6. The Balaban J connectivity index is 1.81. The largest absolute Gasteiger partial charge is 0.337 e. The van der Waals surface area contributed by atoms with Crippen LogP contribution in [-0.2, 0) is 0 Å². The van der Waals surface area contributed by atoms with E-state index >= 15 is 0 Å². The zero-order valence-corrected chi connectivity index (χ0v) is 15.4. The van der Waals surface area contributed by atoms with E-state index in [1.54, 1.807) is 0 Å². The standard InChI is InChI=1S/C19H26N4O2/c1-13-8-10-14(11-9-13)16-20-17(25-22-16)15-7-5-6-12-23(15)18(24)21-19(2,3)4/h8-11,15H,5-7,12H2,1-4H3,(H,21,24)/t15-/m1/s1. The highest BCUT2D eigenvalue weighted by Crippen LogP contribution is 2.31. The first-order valence-electron chi connectivity index (χ1n) is 8.83. The summed E-state index contributed by atoms with van der Waals surface area (Å²) in [6.45, 7) is 8.68. The lowest BCUT2D eigenvalue weighted by molar-refractivity contribution is 0.126. The van der Waals surface area contributed by atoms with Crippen molar-refractivity contribution in [2.45, 2.75) is 58.5 Å². The van der Waals surface area contributed by atoms with Gasteiger partial charge >= 0.3 is 6.03 Å². The average molecular weight is 342 g/mol. The Bertz CT molecular complexity index is 731. The van der Waals surface area contributed by atoms with Gasteiger partial charge in [0.2, 0.25) is 11.7 Å². The molecule has 0 spiro atoms. The molecule has 134 valence electrons. The summed E-state index contributed by atoms with van der Waals surface area (Å²) in [6.07, 6.45) is 2.88. The molecule has 6 nitrogen and oxygen atoms in total. The number of amides is 2. The van der Waals surface area contributed by atoms with Crippen LogP contribution in [0.4, 0.5) is 4.79 Å². The number of likely N-dealkylation sites (tertiary alicyclic amines) is 1. The molecule has 0 aliphatic carbocycles. The van der Waals surface area contributed by atoms with E-state index in [2.05, 4.69) is 15.5 Å². The third-order valence-corrected chi connectivity index (χ3v) is 4.28. The van der Waals surface area contributed by atoms with Crippen molar-refractivity contribution in [3.63, 3.8) is 0 Å². The first kappa shape index (κ1) is 17.5. The Morgan fingerprint density at radius 3 is 2.64 bits per heavy atom. The second-order valence-corrected chi connectivity index (χ2v) is 7.71. The van der Waals surface area contributed by atoms with Gasteiger partial charge in [-0.1, -0.05) is 35.0 Å². The van der Waals surface area contributed by atoms with Gasteiger partial charge in [0, 0.05) is 17.6 Å². The molecule has 1 aromatic carbocycles. The Morgan fingerprint density at radius 2 is 1.96 bits per heavy atom. The molecule has 1 fully saturated rings. The van der Waals surface area contributed by atoms with Crippen LogP contribution in [0.1, 0.15) is 57.5 Å². The highest BCUT2D eigenvalue weighted by Gasteiger charge is 2.33. The summed E-state index contributed by atoms with van der Waals surface area (Å²) in [5.74, 6) is 1.08. The van der Waals surface area contributed by atoms with Crippen LogP contribution < -0.4 is 5.32 Å². The number of nitrogens with one attached hydrogen (secondary N) is 1. The number of carbonyl (C=O) groups is 1. The summed E-state index contributed by atoms with van der Waals surface area (Å²) in [4.78, 5) is 19.0. The fraction of sp³-hybridized carbons (Fsp3) is 0.526. The van der Waals surface area contributed by atoms with E-state index in [0.29, 0.717) is 18.3 Å². The molecule has 1 aromatic heterocycles. The van der Waals surface area contributed by atoms with Crippen LogP contribution in [0.25, 0.3) is 11.4 Å². The fourth-order valence-corrected chi connectivity index (χ4v) is 3.01. The third kappa shape index (κ3) is 4.18. The second-order valence-electron chi connectivity index (χ2n) is 7.71. The van der Waals surface area contributed by atoms with Gasteiger partial charge in [0.1, 0.15) is 6.04 Å². The van der Waals surface area contributed by atoms with Crippen LogP contribution in [-0.4, -0.2) is 33.2 Å². The molecule has 6 heteroatoms. The Hall–Kier alpha value is -2.37. The van der Waals surface area contributed by atoms with E-state index < -0.39 is 0 Å². The summed E-state index contributed by atoms with van der Waals surface area (Å²) < 4.78 is 5.52. The lowest BCUT2D eigenvalue weighted by atomic mass is 10.0. The van der Waals surface area contributed by atoms with Crippen molar-refractivity contribution in [3.8, 4) is 11.4 Å². The number of aryl methyl sites for hydroxylation is 1. The van der Waals surface area contributed by atoms with Crippen molar-refractivity contribution in [1.29, 1.82) is 0 Å². The molecule has 0 bridgehead atoms. The summed E-state index contributed by atoms with van der Waals surface area (Å²) in [6, 6.07) is 7.77. The van der Waals surface area contributed by atoms with E-state index in [-0.39, 0.29) is 17.6 Å². The maximum absolute atomic E-state index is 12.6. The predicted octanol–water partition coefficient (Wildman–Crippen LogP) is 4.08. The summed E-state index contributed by atoms with van der Waals surface area (Å²) >= 11 is 0. The van der Waals surface area contributed by atoms with Crippen LogP contribution >= 0.6 is 0 Å². The number of aromatic nitrogens is 2. The van der Waals surface area contributed by atoms with Gasteiger partial charge in [0.15, 0.2) is 0 Å². The molecule has 3 rings (SSSR count). The molecule has 1 saturated heterocycles. The maximum Gasteiger partial charge on any atom is 0.318 e. The fourth-order valence-electron chi connectivity index (χ4n) is 3.01. The zero-order valence-electron chi connectivity index (χ0n) is 15.4. The van der Waals surface area contributed by atoms with Crippen molar-refractivity contribution in [1.82, 2.24) is 20.4 Å². The molecular formula is C19H26N4O2. The molecule has 1 N–H and O–H groups in total. The smallest absolute Gasteiger partial charge is 0.318 e. The van der Waals surface area contributed by atoms with Gasteiger partial charge in [-0.2, -0.15) is 4.98 Å². The SMILES string of the molecule is Cc1ccc(-c2noc([C@H]3CCCCN3C(=O)NC(C)(C)C)n2)cc1. The topological polar surface area (TPSA) is 71.3 Å². The van der Waals surface area contributed by atoms with Gasteiger partial charge in [-0.15, -0.1) is 0 Å². The van der Waals surface area contributed by atoms with Crippen LogP contribution in [0.3, 0.4) is 0 Å². The number of urea groups is 1. The first-order valence-corrected chi connectivity index (χ1v) is 8.83. The molecular weight excluding hydrogens is 316 g/mol. The molecule has 0 saturated carbocycles. The normalized spacial score (nSPS) is 18.2. The van der Waals surface area contributed by atoms with E-state index in [4.69, 9.17) is 4.52 Å². The van der Waals surface area contributed by atoms with Gasteiger partial charge in [0.25, 0.3) is 0 Å². The number of carbonyl (C=O) groups excluding carboxylic acids is 1. The quantitative estimate of drug-likeness (QED) is 0.892. The molecule has 2 amide bonds. The van der Waals surface area contributed by atoms with E-state index in [0.717, 1.165) is 24.8 Å². The van der Waals surface area contributed by atoms with Crippen molar-refractivity contribution in [3.05, 3.63) is 35.7 Å². The third-order valence-electron chi connectivity index (χ3n) is 4.28. The zero-order chi connectivity index (χ0) is 18.0.